The largest absolute Gasteiger partial charge is 0.449 e. The molecule has 2 atom stereocenters. The highest BCUT2D eigenvalue weighted by molar-refractivity contribution is 5.88. The summed E-state index contributed by atoms with van der Waals surface area (Å²) in [5.41, 5.74) is 7.89. The van der Waals surface area contributed by atoms with E-state index in [0.29, 0.717) is 0 Å². The second-order valence-corrected chi connectivity index (χ2v) is 12.5. The standard InChI is InChI=1S/C42H38N4O5/c47-40(44-25-39(29-15-5-2-6-16-29)46-42(49)50-26-28-13-3-1-4-14-28)38(23-30-24-43-37-22-12-11-17-31(30)37)45-41(48)51-27-36-34-20-9-7-18-32(34)33-19-8-10-21-35(33)36/h1-22,24,36,38-39,43H,23,25-27H2,(H,44,47)(H,45,48)(H,46,49)/t38-,39+/m1/s1. The van der Waals surface area contributed by atoms with Gasteiger partial charge >= 0.3 is 12.2 Å². The van der Waals surface area contributed by atoms with Gasteiger partial charge in [0.05, 0.1) is 6.04 Å². The summed E-state index contributed by atoms with van der Waals surface area (Å²) in [6, 6.07) is 41.2. The summed E-state index contributed by atoms with van der Waals surface area (Å²) in [5, 5.41) is 9.63. The Hall–Kier alpha value is -6.35. The van der Waals surface area contributed by atoms with Crippen molar-refractivity contribution in [3.63, 3.8) is 0 Å². The first-order chi connectivity index (χ1) is 25.0. The van der Waals surface area contributed by atoms with Crippen molar-refractivity contribution in [2.24, 2.45) is 0 Å². The van der Waals surface area contributed by atoms with Crippen LogP contribution in [0, 0.1) is 0 Å². The normalized spacial score (nSPS) is 13.0. The van der Waals surface area contributed by atoms with E-state index in [4.69, 9.17) is 9.47 Å². The molecule has 9 heteroatoms. The molecule has 7 rings (SSSR count). The van der Waals surface area contributed by atoms with Crippen LogP contribution in [0.5, 0.6) is 0 Å². The number of carbonyl (C=O) groups excluding carboxylic acids is 3. The average molecular weight is 679 g/mol. The summed E-state index contributed by atoms with van der Waals surface area (Å²) in [5.74, 6) is -0.544. The third-order valence-corrected chi connectivity index (χ3v) is 9.24. The van der Waals surface area contributed by atoms with Crippen molar-refractivity contribution in [1.29, 1.82) is 0 Å². The van der Waals surface area contributed by atoms with Crippen LogP contribution in [0.25, 0.3) is 22.0 Å². The van der Waals surface area contributed by atoms with Crippen LogP contribution < -0.4 is 16.0 Å². The zero-order chi connectivity index (χ0) is 35.0. The number of aromatic amines is 1. The summed E-state index contributed by atoms with van der Waals surface area (Å²) in [4.78, 5) is 43.5. The SMILES string of the molecule is O=C(N[C@@H](CNC(=O)[C@@H](Cc1c[nH]c2ccccc12)NC(=O)OCC1c2ccccc2-c2ccccc21)c1ccccc1)OCc1ccccc1. The number of nitrogens with one attached hydrogen (secondary N) is 4. The number of benzene rings is 5. The number of amides is 3. The maximum Gasteiger partial charge on any atom is 0.408 e. The molecule has 0 radical (unpaired) electrons. The van der Waals surface area contributed by atoms with Gasteiger partial charge in [0.15, 0.2) is 0 Å². The maximum atomic E-state index is 13.9. The fraction of sp³-hybridized carbons (Fsp3) is 0.167. The van der Waals surface area contributed by atoms with Gasteiger partial charge in [0.25, 0.3) is 0 Å². The van der Waals surface area contributed by atoms with Gasteiger partial charge in [-0.15, -0.1) is 0 Å². The van der Waals surface area contributed by atoms with Crippen molar-refractivity contribution in [3.05, 3.63) is 167 Å². The van der Waals surface area contributed by atoms with Gasteiger partial charge in [-0.25, -0.2) is 9.59 Å². The van der Waals surface area contributed by atoms with E-state index in [2.05, 4.69) is 45.2 Å². The van der Waals surface area contributed by atoms with E-state index in [9.17, 15) is 14.4 Å². The van der Waals surface area contributed by atoms with E-state index in [-0.39, 0.29) is 32.1 Å². The van der Waals surface area contributed by atoms with Crippen LogP contribution in [-0.4, -0.2) is 42.3 Å². The number of alkyl carbamates (subject to hydrolysis) is 2. The molecule has 1 aromatic heterocycles. The summed E-state index contributed by atoms with van der Waals surface area (Å²) in [6.07, 6.45) is 0.748. The van der Waals surface area contributed by atoms with Gasteiger partial charge in [-0.05, 0) is 45.0 Å². The third-order valence-electron chi connectivity index (χ3n) is 9.24. The number of aromatic nitrogens is 1. The van der Waals surface area contributed by atoms with Gasteiger partial charge < -0.3 is 30.4 Å². The number of para-hydroxylation sites is 1. The van der Waals surface area contributed by atoms with Gasteiger partial charge in [-0.1, -0.05) is 127 Å². The van der Waals surface area contributed by atoms with Crippen molar-refractivity contribution in [3.8, 4) is 11.1 Å². The van der Waals surface area contributed by atoms with Crippen LogP contribution in [-0.2, 0) is 27.3 Å². The first-order valence-corrected chi connectivity index (χ1v) is 17.0. The van der Waals surface area contributed by atoms with E-state index < -0.39 is 30.2 Å². The third kappa shape index (κ3) is 7.78. The number of ether oxygens (including phenoxy) is 2. The van der Waals surface area contributed by atoms with Crippen molar-refractivity contribution in [2.75, 3.05) is 13.2 Å². The average Bonchev–Trinajstić information content (AvgIpc) is 3.73. The molecule has 3 amide bonds. The van der Waals surface area contributed by atoms with Crippen LogP contribution in [0.3, 0.4) is 0 Å². The molecule has 5 aromatic carbocycles. The molecule has 1 aliphatic carbocycles. The molecule has 1 heterocycles. The quantitative estimate of drug-likeness (QED) is 0.108. The smallest absolute Gasteiger partial charge is 0.408 e. The van der Waals surface area contributed by atoms with E-state index in [1.54, 1.807) is 0 Å². The molecule has 51 heavy (non-hydrogen) atoms. The molecule has 1 aliphatic rings. The van der Waals surface area contributed by atoms with Gasteiger partial charge in [0.1, 0.15) is 19.3 Å². The minimum Gasteiger partial charge on any atom is -0.449 e. The zero-order valence-corrected chi connectivity index (χ0v) is 27.9. The highest BCUT2D eigenvalue weighted by atomic mass is 16.6. The molecule has 0 saturated heterocycles. The molecule has 0 saturated carbocycles. The van der Waals surface area contributed by atoms with E-state index in [1.807, 2.05) is 115 Å². The van der Waals surface area contributed by atoms with E-state index in [0.717, 1.165) is 49.8 Å². The molecule has 0 spiro atoms. The van der Waals surface area contributed by atoms with Crippen molar-refractivity contribution < 1.29 is 23.9 Å². The molecule has 0 bridgehead atoms. The van der Waals surface area contributed by atoms with Crippen LogP contribution in [0.4, 0.5) is 9.59 Å². The first kappa shape index (κ1) is 33.2. The number of rotatable bonds is 12. The van der Waals surface area contributed by atoms with Crippen molar-refractivity contribution in [2.45, 2.75) is 31.0 Å². The fourth-order valence-corrected chi connectivity index (χ4v) is 6.68. The minimum atomic E-state index is -0.971. The Morgan fingerprint density at radius 1 is 0.667 bits per heavy atom. The van der Waals surface area contributed by atoms with Crippen LogP contribution in [0.2, 0.25) is 0 Å². The number of carbonyl (C=O) groups is 3. The van der Waals surface area contributed by atoms with E-state index in [1.165, 1.54) is 0 Å². The highest BCUT2D eigenvalue weighted by Gasteiger charge is 2.30. The second kappa shape index (κ2) is 15.5. The van der Waals surface area contributed by atoms with E-state index >= 15 is 0 Å². The van der Waals surface area contributed by atoms with Gasteiger partial charge in [-0.3, -0.25) is 4.79 Å². The highest BCUT2D eigenvalue weighted by Crippen LogP contribution is 2.44. The van der Waals surface area contributed by atoms with Crippen LogP contribution >= 0.6 is 0 Å². The van der Waals surface area contributed by atoms with Crippen LogP contribution in [0.1, 0.15) is 39.8 Å². The Morgan fingerprint density at radius 3 is 2.00 bits per heavy atom. The molecule has 0 unspecified atom stereocenters. The Bertz CT molecular complexity index is 2090. The van der Waals surface area contributed by atoms with Crippen LogP contribution in [0.15, 0.2) is 140 Å². The van der Waals surface area contributed by atoms with Gasteiger partial charge in [0, 0.05) is 36.0 Å². The molecule has 9 nitrogen and oxygen atoms in total. The zero-order valence-electron chi connectivity index (χ0n) is 27.9. The number of H-pyrrole nitrogens is 1. The molecular formula is C42H38N4O5. The fourth-order valence-electron chi connectivity index (χ4n) is 6.68. The maximum absolute atomic E-state index is 13.9. The first-order valence-electron chi connectivity index (χ1n) is 17.0. The number of hydrogen-bond donors (Lipinski definition) is 4. The summed E-state index contributed by atoms with van der Waals surface area (Å²) in [6.45, 7) is 0.281. The molecule has 0 aliphatic heterocycles. The molecule has 4 N–H and O–H groups in total. The monoisotopic (exact) mass is 678 g/mol. The lowest BCUT2D eigenvalue weighted by atomic mass is 9.98. The van der Waals surface area contributed by atoms with Gasteiger partial charge in [-0.2, -0.15) is 0 Å². The van der Waals surface area contributed by atoms with Gasteiger partial charge in [0.2, 0.25) is 5.91 Å². The Labute approximate surface area is 296 Å². The lowest BCUT2D eigenvalue weighted by Gasteiger charge is -2.23. The summed E-state index contributed by atoms with van der Waals surface area (Å²) >= 11 is 0. The predicted octanol–water partition coefficient (Wildman–Crippen LogP) is 7.40. The Balaban J connectivity index is 1.05. The Kier molecular flexibility index (Phi) is 10.1. The lowest BCUT2D eigenvalue weighted by Crippen LogP contribution is -2.50. The van der Waals surface area contributed by atoms with Crippen molar-refractivity contribution >= 4 is 29.0 Å². The number of hydrogen-bond acceptors (Lipinski definition) is 5. The summed E-state index contributed by atoms with van der Waals surface area (Å²) in [7, 11) is 0. The predicted molar refractivity (Wildman–Crippen MR) is 196 cm³/mol. The minimum absolute atomic E-state index is 0.0556. The molecule has 256 valence electrons. The molecule has 6 aromatic rings. The van der Waals surface area contributed by atoms with Crippen molar-refractivity contribution in [1.82, 2.24) is 20.9 Å². The molecule has 0 fully saturated rings. The topological polar surface area (TPSA) is 122 Å². The Morgan fingerprint density at radius 2 is 1.27 bits per heavy atom. The summed E-state index contributed by atoms with van der Waals surface area (Å²) < 4.78 is 11.3. The molecular weight excluding hydrogens is 640 g/mol. The second-order valence-electron chi connectivity index (χ2n) is 12.5. The lowest BCUT2D eigenvalue weighted by molar-refractivity contribution is -0.123. The number of fused-ring (bicyclic) bond motifs is 4.